The molecule has 2 heterocycles. The third-order valence-corrected chi connectivity index (χ3v) is 4.52. The first-order valence-electron chi connectivity index (χ1n) is 7.88. The molecule has 4 N–H and O–H groups in total. The number of aromatic nitrogens is 1. The number of azo groups is 1. The minimum absolute atomic E-state index is 0.264. The van der Waals surface area contributed by atoms with E-state index in [9.17, 15) is 20.4 Å². The number of aliphatic hydroxyl groups is 4. The molecule has 1 aliphatic heterocycles. The van der Waals surface area contributed by atoms with Crippen LogP contribution in [0.1, 0.15) is 5.56 Å². The lowest BCUT2D eigenvalue weighted by molar-refractivity contribution is -0.277. The molecule has 5 atom stereocenters. The lowest BCUT2D eigenvalue weighted by Gasteiger charge is -2.39. The summed E-state index contributed by atoms with van der Waals surface area (Å²) in [4.78, 5) is 4.01. The quantitative estimate of drug-likeness (QED) is 0.568. The van der Waals surface area contributed by atoms with E-state index in [2.05, 4.69) is 15.2 Å². The van der Waals surface area contributed by atoms with Crippen molar-refractivity contribution in [3.63, 3.8) is 0 Å². The Labute approximate surface area is 153 Å². The van der Waals surface area contributed by atoms with Gasteiger partial charge in [0.2, 0.25) is 11.4 Å². The van der Waals surface area contributed by atoms with Crippen LogP contribution in [0.5, 0.6) is 5.75 Å². The van der Waals surface area contributed by atoms with Crippen LogP contribution >= 0.6 is 11.3 Å². The number of aliphatic hydroxyl groups excluding tert-OH is 4. The number of hydrogen-bond acceptors (Lipinski definition) is 10. The maximum absolute atomic E-state index is 10.1. The third kappa shape index (κ3) is 4.06. The van der Waals surface area contributed by atoms with Crippen molar-refractivity contribution in [1.82, 2.24) is 4.98 Å². The Morgan fingerprint density at radius 2 is 2.00 bits per heavy atom. The molecular weight excluding hydrogens is 362 g/mol. The summed E-state index contributed by atoms with van der Waals surface area (Å²) >= 11 is 1.33. The van der Waals surface area contributed by atoms with Crippen LogP contribution in [0.3, 0.4) is 0 Å². The van der Waals surface area contributed by atoms with Gasteiger partial charge in [-0.15, -0.1) is 21.6 Å². The van der Waals surface area contributed by atoms with Crippen LogP contribution in [-0.4, -0.2) is 62.7 Å². The molecule has 140 valence electrons. The predicted octanol–water partition coefficient (Wildman–Crippen LogP) is 1.05. The lowest BCUT2D eigenvalue weighted by atomic mass is 9.99. The second-order valence-electron chi connectivity index (χ2n) is 5.80. The first kappa shape index (κ1) is 18.8. The van der Waals surface area contributed by atoms with Crippen LogP contribution in [0.2, 0.25) is 0 Å². The second kappa shape index (κ2) is 8.16. The summed E-state index contributed by atoms with van der Waals surface area (Å²) in [6.07, 6.45) is -5.20. The van der Waals surface area contributed by atoms with Gasteiger partial charge in [-0.1, -0.05) is 6.07 Å². The fraction of sp³-hybridized carbons (Fsp3) is 0.438. The van der Waals surface area contributed by atoms with E-state index in [1.807, 2.05) is 6.92 Å². The topological polar surface area (TPSA) is 137 Å². The zero-order valence-electron chi connectivity index (χ0n) is 13.8. The maximum Gasteiger partial charge on any atom is 0.229 e. The van der Waals surface area contributed by atoms with Crippen LogP contribution < -0.4 is 4.74 Å². The standard InChI is InChI=1S/C16H19N3O6S/c1-8-2-3-10(9(6-8)18-19-16-17-4-5-26-16)24-15-14(23)13(22)12(21)11(7-20)25-15/h2-6,11-15,20-23H,7H2,1H3/t11-,12+,13+,14-,15-/m1/s1. The summed E-state index contributed by atoms with van der Waals surface area (Å²) in [5.41, 5.74) is 1.30. The smallest absolute Gasteiger partial charge is 0.229 e. The van der Waals surface area contributed by atoms with E-state index in [4.69, 9.17) is 9.47 Å². The number of ether oxygens (including phenoxy) is 2. The van der Waals surface area contributed by atoms with E-state index in [-0.39, 0.29) is 5.75 Å². The van der Waals surface area contributed by atoms with Crippen molar-refractivity contribution in [2.45, 2.75) is 37.6 Å². The first-order chi connectivity index (χ1) is 12.5. The van der Waals surface area contributed by atoms with Crippen molar-refractivity contribution in [3.05, 3.63) is 35.3 Å². The third-order valence-electron chi connectivity index (χ3n) is 3.87. The molecule has 1 fully saturated rings. The number of aryl methyl sites for hydroxylation is 1. The number of hydrogen-bond donors (Lipinski definition) is 4. The zero-order valence-corrected chi connectivity index (χ0v) is 14.7. The largest absolute Gasteiger partial charge is 0.460 e. The van der Waals surface area contributed by atoms with Gasteiger partial charge in [0, 0.05) is 11.6 Å². The van der Waals surface area contributed by atoms with Gasteiger partial charge in [0.15, 0.2) is 5.75 Å². The molecule has 9 nitrogen and oxygen atoms in total. The molecule has 0 radical (unpaired) electrons. The van der Waals surface area contributed by atoms with E-state index >= 15 is 0 Å². The van der Waals surface area contributed by atoms with E-state index in [1.165, 1.54) is 11.3 Å². The predicted molar refractivity (Wildman–Crippen MR) is 91.9 cm³/mol. The molecule has 2 aromatic rings. The van der Waals surface area contributed by atoms with Crippen molar-refractivity contribution >= 4 is 22.2 Å². The summed E-state index contributed by atoms with van der Waals surface area (Å²) < 4.78 is 11.0. The van der Waals surface area contributed by atoms with E-state index in [1.54, 1.807) is 29.8 Å². The van der Waals surface area contributed by atoms with Crippen molar-refractivity contribution < 1.29 is 29.9 Å². The molecule has 0 spiro atoms. The monoisotopic (exact) mass is 381 g/mol. The van der Waals surface area contributed by atoms with Gasteiger partial charge in [-0.25, -0.2) is 4.98 Å². The molecular formula is C16H19N3O6S. The van der Waals surface area contributed by atoms with Gasteiger partial charge in [0.05, 0.1) is 6.61 Å². The van der Waals surface area contributed by atoms with Gasteiger partial charge < -0.3 is 29.9 Å². The Morgan fingerprint density at radius 3 is 2.69 bits per heavy atom. The molecule has 0 unspecified atom stereocenters. The lowest BCUT2D eigenvalue weighted by Crippen LogP contribution is -2.60. The zero-order chi connectivity index (χ0) is 18.7. The Hall–Kier alpha value is -1.95. The molecule has 1 aromatic carbocycles. The highest BCUT2D eigenvalue weighted by molar-refractivity contribution is 7.13. The van der Waals surface area contributed by atoms with Crippen LogP contribution in [0.15, 0.2) is 40.0 Å². The van der Waals surface area contributed by atoms with Gasteiger partial charge in [-0.3, -0.25) is 0 Å². The van der Waals surface area contributed by atoms with Crippen molar-refractivity contribution in [1.29, 1.82) is 0 Å². The summed E-state index contributed by atoms with van der Waals surface area (Å²) in [7, 11) is 0. The molecule has 10 heteroatoms. The summed E-state index contributed by atoms with van der Waals surface area (Å²) in [5.74, 6) is 0.264. The van der Waals surface area contributed by atoms with E-state index in [0.29, 0.717) is 10.8 Å². The molecule has 0 amide bonds. The molecule has 1 aromatic heterocycles. The minimum atomic E-state index is -1.52. The van der Waals surface area contributed by atoms with Gasteiger partial charge in [-0.05, 0) is 24.6 Å². The molecule has 0 bridgehead atoms. The number of nitrogens with zero attached hydrogens (tertiary/aromatic N) is 3. The van der Waals surface area contributed by atoms with Crippen LogP contribution in [0.4, 0.5) is 10.8 Å². The highest BCUT2D eigenvalue weighted by Crippen LogP contribution is 2.33. The summed E-state index contributed by atoms with van der Waals surface area (Å²) in [6.45, 7) is 1.34. The van der Waals surface area contributed by atoms with Crippen molar-refractivity contribution in [2.75, 3.05) is 6.61 Å². The van der Waals surface area contributed by atoms with Crippen molar-refractivity contribution in [3.8, 4) is 5.75 Å². The number of thiazole rings is 1. The Morgan fingerprint density at radius 1 is 1.19 bits per heavy atom. The highest BCUT2D eigenvalue weighted by atomic mass is 32.1. The fourth-order valence-corrected chi connectivity index (χ4v) is 2.91. The van der Waals surface area contributed by atoms with Gasteiger partial charge in [-0.2, -0.15) is 0 Å². The van der Waals surface area contributed by atoms with Crippen LogP contribution in [0, 0.1) is 6.92 Å². The molecule has 1 aliphatic rings. The Bertz CT molecular complexity index is 754. The van der Waals surface area contributed by atoms with Gasteiger partial charge >= 0.3 is 0 Å². The molecule has 26 heavy (non-hydrogen) atoms. The molecule has 1 saturated heterocycles. The second-order valence-corrected chi connectivity index (χ2v) is 6.67. The average molecular weight is 381 g/mol. The Balaban J connectivity index is 1.82. The number of benzene rings is 1. The highest BCUT2D eigenvalue weighted by Gasteiger charge is 2.44. The van der Waals surface area contributed by atoms with E-state index in [0.717, 1.165) is 5.56 Å². The molecule has 0 saturated carbocycles. The first-order valence-corrected chi connectivity index (χ1v) is 8.76. The van der Waals surface area contributed by atoms with Crippen molar-refractivity contribution in [2.24, 2.45) is 10.2 Å². The normalized spacial score (nSPS) is 29.2. The fourth-order valence-electron chi connectivity index (χ4n) is 2.46. The summed E-state index contributed by atoms with van der Waals surface area (Å²) in [5, 5.41) is 49.5. The van der Waals surface area contributed by atoms with Gasteiger partial charge in [0.1, 0.15) is 30.1 Å². The average Bonchev–Trinajstić information content (AvgIpc) is 3.15. The van der Waals surface area contributed by atoms with Gasteiger partial charge in [0.25, 0.3) is 0 Å². The van der Waals surface area contributed by atoms with E-state index < -0.39 is 37.3 Å². The SMILES string of the molecule is Cc1ccc(O[C@@H]2O[C@H](CO)[C@H](O)[C@H](O)[C@H]2O)c(N=Nc2nccs2)c1. The maximum atomic E-state index is 10.1. The Kier molecular flexibility index (Phi) is 5.91. The summed E-state index contributed by atoms with van der Waals surface area (Å²) in [6, 6.07) is 5.14. The van der Waals surface area contributed by atoms with Crippen LogP contribution in [-0.2, 0) is 4.74 Å². The number of rotatable bonds is 5. The minimum Gasteiger partial charge on any atom is -0.460 e. The molecule has 3 rings (SSSR count). The van der Waals surface area contributed by atoms with Crippen LogP contribution in [0.25, 0.3) is 0 Å². The molecule has 0 aliphatic carbocycles.